The van der Waals surface area contributed by atoms with Gasteiger partial charge in [0.05, 0.1) is 45.8 Å². The van der Waals surface area contributed by atoms with Gasteiger partial charge in [-0.3, -0.25) is 38.5 Å². The normalized spacial score (nSPS) is 15.4. The molecule has 0 spiro atoms. The monoisotopic (exact) mass is 1070 g/mol. The molecule has 1 fully saturated rings. The number of hydrogen-bond donors (Lipinski definition) is 4. The number of hydrogen-bond acceptors (Lipinski definition) is 12. The van der Waals surface area contributed by atoms with E-state index in [0.717, 1.165) is 16.7 Å². The average molecular weight is 1070 g/mol. The molecule has 4 amide bonds. The van der Waals surface area contributed by atoms with E-state index in [2.05, 4.69) is 21.3 Å². The third-order valence-corrected chi connectivity index (χ3v) is 12.9. The zero-order valence-corrected chi connectivity index (χ0v) is 42.9. The first kappa shape index (κ1) is 56.2. The summed E-state index contributed by atoms with van der Waals surface area (Å²) in [5.41, 5.74) is 0.763. The van der Waals surface area contributed by atoms with Gasteiger partial charge in [0.25, 0.3) is 0 Å². The van der Waals surface area contributed by atoms with Crippen LogP contribution in [0, 0.1) is 11.8 Å². The Balaban J connectivity index is 1.49. The molecule has 3 aromatic carbocycles. The molecule has 5 atom stereocenters. The third kappa shape index (κ3) is 19.9. The van der Waals surface area contributed by atoms with E-state index in [1.165, 1.54) is 6.92 Å². The zero-order chi connectivity index (χ0) is 50.3. The number of morpholine rings is 1. The first-order valence-corrected chi connectivity index (χ1v) is 25.2. The Morgan fingerprint density at radius 3 is 1.80 bits per heavy atom. The number of nitrogens with one attached hydrogen (secondary N) is 4. The molecule has 69 heavy (non-hydrogen) atoms. The molecule has 3 aromatic rings. The number of carbonyl (C=O) groups excluding carboxylic acids is 7. The van der Waals surface area contributed by atoms with Crippen molar-refractivity contribution in [3.8, 4) is 5.75 Å². The number of ether oxygens (including phenoxy) is 4. The maximum Gasteiger partial charge on any atom is 0.307 e. The van der Waals surface area contributed by atoms with Gasteiger partial charge in [0, 0.05) is 23.9 Å². The van der Waals surface area contributed by atoms with E-state index in [1.54, 1.807) is 31.4 Å². The minimum absolute atomic E-state index is 0.00249. The fourth-order valence-electron chi connectivity index (χ4n) is 7.68. The van der Waals surface area contributed by atoms with Crippen molar-refractivity contribution < 1.29 is 52.5 Å². The van der Waals surface area contributed by atoms with Crippen molar-refractivity contribution in [2.45, 2.75) is 116 Å². The molecule has 16 nitrogen and oxygen atoms in total. The molecule has 4 N–H and O–H groups in total. The van der Waals surface area contributed by atoms with Gasteiger partial charge >= 0.3 is 11.9 Å². The van der Waals surface area contributed by atoms with Crippen molar-refractivity contribution in [1.29, 1.82) is 0 Å². The minimum Gasteiger partial charge on any atom is -0.497 e. The number of rotatable bonds is 28. The molecule has 0 unspecified atom stereocenters. The standard InChI is InChI=1S/C52H70IN5O11/c1-35(2)29-42(48(62)52(5,34-53)69-47(61)24-23-46(60)68-33-39-17-20-40(66-6)21-18-39)55-51(65)44(31-38-15-11-8-12-16-38)57-50(64)43(30-36(3)4)56-49(63)41(22-19-37-13-9-7-10-14-37)54-45(59)32-58-25-27-67-28-26-58/h7-18,20-21,35-36,41-44H,19,22-34H2,1-6H3,(H,54,59)(H,55,65)(H,56,63)(H,57,64)/t41-,42-,43-,44-,52+/m0/s1. The van der Waals surface area contributed by atoms with Crippen molar-refractivity contribution >= 4 is 63.9 Å². The number of aryl methyl sites for hydroxylation is 1. The minimum atomic E-state index is -1.68. The quantitative estimate of drug-likeness (QED) is 0.0428. The number of benzene rings is 3. The second kappa shape index (κ2) is 28.9. The number of alkyl halides is 1. The van der Waals surface area contributed by atoms with E-state index in [1.807, 2.05) is 116 Å². The molecule has 376 valence electrons. The second-order valence-electron chi connectivity index (χ2n) is 18.4. The van der Waals surface area contributed by atoms with Gasteiger partial charge in [-0.25, -0.2) is 0 Å². The zero-order valence-electron chi connectivity index (χ0n) is 40.8. The summed E-state index contributed by atoms with van der Waals surface area (Å²) in [6, 6.07) is 21.3. The molecule has 0 saturated carbocycles. The topological polar surface area (TPSA) is 208 Å². The Hall–Kier alpha value is -5.40. The summed E-state index contributed by atoms with van der Waals surface area (Å²) >= 11 is 1.95. The summed E-state index contributed by atoms with van der Waals surface area (Å²) in [6.07, 6.45) is 0.607. The Kier molecular flexibility index (Phi) is 23.6. The number of halogens is 1. The molecule has 1 heterocycles. The fourth-order valence-corrected chi connectivity index (χ4v) is 8.22. The predicted molar refractivity (Wildman–Crippen MR) is 269 cm³/mol. The Morgan fingerprint density at radius 2 is 1.20 bits per heavy atom. The van der Waals surface area contributed by atoms with Crippen LogP contribution in [0.2, 0.25) is 0 Å². The maximum atomic E-state index is 14.5. The van der Waals surface area contributed by atoms with Crippen molar-refractivity contribution in [3.63, 3.8) is 0 Å². The lowest BCUT2D eigenvalue weighted by Gasteiger charge is -2.32. The number of ketones is 1. The summed E-state index contributed by atoms with van der Waals surface area (Å²) < 4.78 is 21.7. The molecule has 0 aromatic heterocycles. The summed E-state index contributed by atoms with van der Waals surface area (Å²) in [4.78, 5) is 98.5. The Bertz CT molecular complexity index is 2120. The highest BCUT2D eigenvalue weighted by atomic mass is 127. The third-order valence-electron chi connectivity index (χ3n) is 11.5. The molecule has 4 rings (SSSR count). The number of methoxy groups -OCH3 is 1. The van der Waals surface area contributed by atoms with E-state index in [0.29, 0.717) is 38.5 Å². The SMILES string of the molecule is COc1ccc(COC(=O)CCC(=O)O[C@](C)(CI)C(=O)[C@H](CC(C)C)NC(=O)[C@H](Cc2ccccc2)NC(=O)[C@H](CC(C)C)NC(=O)[C@H](CCc2ccccc2)NC(=O)CN2CCOCC2)cc1. The molecule has 1 aliphatic heterocycles. The lowest BCUT2D eigenvalue weighted by molar-refractivity contribution is -0.165. The van der Waals surface area contributed by atoms with Crippen molar-refractivity contribution in [1.82, 2.24) is 26.2 Å². The molecule has 1 aliphatic rings. The van der Waals surface area contributed by atoms with Crippen LogP contribution >= 0.6 is 22.6 Å². The van der Waals surface area contributed by atoms with Crippen molar-refractivity contribution in [2.24, 2.45) is 11.8 Å². The molecule has 1 saturated heterocycles. The van der Waals surface area contributed by atoms with E-state index >= 15 is 0 Å². The van der Waals surface area contributed by atoms with Gasteiger partial charge < -0.3 is 40.2 Å². The van der Waals surface area contributed by atoms with Gasteiger partial charge in [-0.1, -0.05) is 123 Å². The Morgan fingerprint density at radius 1 is 0.667 bits per heavy atom. The van der Waals surface area contributed by atoms with Crippen LogP contribution in [-0.4, -0.2) is 120 Å². The molecule has 0 radical (unpaired) electrons. The van der Waals surface area contributed by atoms with Crippen LogP contribution in [0.5, 0.6) is 5.75 Å². The first-order valence-electron chi connectivity index (χ1n) is 23.7. The number of esters is 2. The molecule has 17 heteroatoms. The van der Waals surface area contributed by atoms with Gasteiger partial charge in [0.2, 0.25) is 23.6 Å². The highest BCUT2D eigenvalue weighted by Crippen LogP contribution is 2.23. The summed E-state index contributed by atoms with van der Waals surface area (Å²) in [6.45, 7) is 11.4. The first-order chi connectivity index (χ1) is 33.0. The van der Waals surface area contributed by atoms with Crippen molar-refractivity contribution in [3.05, 3.63) is 102 Å². The van der Waals surface area contributed by atoms with Gasteiger partial charge in [0.15, 0.2) is 11.4 Å². The van der Waals surface area contributed by atoms with E-state index in [4.69, 9.17) is 18.9 Å². The number of carbonyl (C=O) groups is 7. The van der Waals surface area contributed by atoms with Gasteiger partial charge in [-0.05, 0) is 73.3 Å². The van der Waals surface area contributed by atoms with Crippen LogP contribution in [0.4, 0.5) is 0 Å². The maximum absolute atomic E-state index is 14.5. The summed E-state index contributed by atoms with van der Waals surface area (Å²) in [5.74, 6) is -3.59. The van der Waals surface area contributed by atoms with Gasteiger partial charge in [0.1, 0.15) is 30.5 Å². The number of Topliss-reactive ketones (excluding diaryl/α,β-unsaturated/α-hetero) is 1. The highest BCUT2D eigenvalue weighted by molar-refractivity contribution is 14.1. The Labute approximate surface area is 420 Å². The second-order valence-corrected chi connectivity index (χ2v) is 19.1. The highest BCUT2D eigenvalue weighted by Gasteiger charge is 2.42. The van der Waals surface area contributed by atoms with Crippen LogP contribution < -0.4 is 26.0 Å². The molecule has 0 aliphatic carbocycles. The van der Waals surface area contributed by atoms with Crippen LogP contribution in [0.25, 0.3) is 0 Å². The van der Waals surface area contributed by atoms with Crippen LogP contribution in [0.1, 0.15) is 83.4 Å². The fraction of sp³-hybridized carbons (Fsp3) is 0.519. The van der Waals surface area contributed by atoms with Gasteiger partial charge in [-0.2, -0.15) is 0 Å². The average Bonchev–Trinajstić information content (AvgIpc) is 3.33. The summed E-state index contributed by atoms with van der Waals surface area (Å²) in [7, 11) is 1.55. The summed E-state index contributed by atoms with van der Waals surface area (Å²) in [5, 5.41) is 11.6. The smallest absolute Gasteiger partial charge is 0.307 e. The molecule has 0 bridgehead atoms. The van der Waals surface area contributed by atoms with Crippen molar-refractivity contribution in [2.75, 3.05) is 44.4 Å². The molecular weight excluding hydrogens is 997 g/mol. The lowest BCUT2D eigenvalue weighted by Crippen LogP contribution is -2.60. The van der Waals surface area contributed by atoms with E-state index in [-0.39, 0.29) is 73.8 Å². The van der Waals surface area contributed by atoms with Crippen LogP contribution in [0.3, 0.4) is 0 Å². The van der Waals surface area contributed by atoms with E-state index < -0.39 is 65.2 Å². The largest absolute Gasteiger partial charge is 0.497 e. The number of nitrogens with zero attached hydrogens (tertiary/aromatic N) is 1. The van der Waals surface area contributed by atoms with Crippen LogP contribution in [0.15, 0.2) is 84.9 Å². The van der Waals surface area contributed by atoms with Crippen LogP contribution in [-0.2, 0) is 67.2 Å². The van der Waals surface area contributed by atoms with E-state index in [9.17, 15) is 33.6 Å². The van der Waals surface area contributed by atoms with Gasteiger partial charge in [-0.15, -0.1) is 0 Å². The number of amides is 4. The molecular formula is C52H70IN5O11. The lowest BCUT2D eigenvalue weighted by atomic mass is 9.90. The predicted octanol–water partition coefficient (Wildman–Crippen LogP) is 5.06.